The summed E-state index contributed by atoms with van der Waals surface area (Å²) in [6, 6.07) is -0.173. The number of hydrogen-bond donors (Lipinski definition) is 2. The van der Waals surface area contributed by atoms with Gasteiger partial charge < -0.3 is 20.2 Å². The van der Waals surface area contributed by atoms with Crippen molar-refractivity contribution in [2.24, 2.45) is 5.92 Å². The van der Waals surface area contributed by atoms with Crippen LogP contribution in [0.2, 0.25) is 0 Å². The third-order valence-corrected chi connectivity index (χ3v) is 5.59. The molecule has 27 heavy (non-hydrogen) atoms. The third-order valence-electron chi connectivity index (χ3n) is 5.59. The highest BCUT2D eigenvalue weighted by Crippen LogP contribution is 2.23. The van der Waals surface area contributed by atoms with Crippen LogP contribution in [0.25, 0.3) is 0 Å². The number of amides is 3. The van der Waals surface area contributed by atoms with Crippen molar-refractivity contribution in [2.45, 2.75) is 64.3 Å². The van der Waals surface area contributed by atoms with Crippen molar-refractivity contribution >= 4 is 23.7 Å². The molecule has 152 valence electrons. The molecule has 1 heterocycles. The van der Waals surface area contributed by atoms with Gasteiger partial charge >= 0.3 is 5.97 Å². The van der Waals surface area contributed by atoms with Gasteiger partial charge in [0.15, 0.2) is 0 Å². The summed E-state index contributed by atoms with van der Waals surface area (Å²) in [4.78, 5) is 50.5. The van der Waals surface area contributed by atoms with Crippen LogP contribution in [0.15, 0.2) is 0 Å². The Morgan fingerprint density at radius 2 is 1.70 bits per heavy atom. The molecule has 1 unspecified atom stereocenters. The van der Waals surface area contributed by atoms with Gasteiger partial charge in [0.2, 0.25) is 17.7 Å². The quantitative estimate of drug-likeness (QED) is 0.714. The SMILES string of the molecule is CC(=O)N(CC(=O)O)C1CCCN(C(=O)CNC(=O)C2CCCCC2)CC1. The summed E-state index contributed by atoms with van der Waals surface area (Å²) >= 11 is 0. The highest BCUT2D eigenvalue weighted by Gasteiger charge is 2.28. The fourth-order valence-electron chi connectivity index (χ4n) is 4.07. The average molecular weight is 381 g/mol. The van der Waals surface area contributed by atoms with Gasteiger partial charge in [-0.25, -0.2) is 0 Å². The van der Waals surface area contributed by atoms with E-state index in [1.54, 1.807) is 4.90 Å². The van der Waals surface area contributed by atoms with Crippen LogP contribution in [-0.4, -0.2) is 70.8 Å². The zero-order chi connectivity index (χ0) is 19.8. The minimum Gasteiger partial charge on any atom is -0.480 e. The summed E-state index contributed by atoms with van der Waals surface area (Å²) in [6.07, 6.45) is 7.05. The van der Waals surface area contributed by atoms with E-state index in [9.17, 15) is 19.2 Å². The molecule has 1 aliphatic heterocycles. The largest absolute Gasteiger partial charge is 0.480 e. The van der Waals surface area contributed by atoms with Gasteiger partial charge in [0.1, 0.15) is 6.54 Å². The number of hydrogen-bond acceptors (Lipinski definition) is 4. The Morgan fingerprint density at radius 1 is 1.00 bits per heavy atom. The van der Waals surface area contributed by atoms with Crippen LogP contribution >= 0.6 is 0 Å². The normalized spacial score (nSPS) is 21.2. The van der Waals surface area contributed by atoms with Crippen LogP contribution in [0.4, 0.5) is 0 Å². The monoisotopic (exact) mass is 381 g/mol. The van der Waals surface area contributed by atoms with Crippen molar-refractivity contribution in [3.63, 3.8) is 0 Å². The van der Waals surface area contributed by atoms with E-state index in [4.69, 9.17) is 5.11 Å². The Balaban J connectivity index is 1.81. The van der Waals surface area contributed by atoms with Crippen LogP contribution in [0.1, 0.15) is 58.3 Å². The first-order valence-electron chi connectivity index (χ1n) is 9.93. The Kier molecular flexibility index (Phi) is 8.06. The van der Waals surface area contributed by atoms with E-state index in [2.05, 4.69) is 5.32 Å². The molecule has 2 aliphatic rings. The first kappa shape index (κ1) is 21.2. The molecule has 8 nitrogen and oxygen atoms in total. The molecule has 0 aromatic heterocycles. The summed E-state index contributed by atoms with van der Waals surface area (Å²) in [5.41, 5.74) is 0. The number of carbonyl (C=O) groups excluding carboxylic acids is 3. The van der Waals surface area contributed by atoms with E-state index in [0.29, 0.717) is 32.4 Å². The van der Waals surface area contributed by atoms with E-state index < -0.39 is 5.97 Å². The molecular formula is C19H31N3O5. The van der Waals surface area contributed by atoms with Gasteiger partial charge in [-0.15, -0.1) is 0 Å². The summed E-state index contributed by atoms with van der Waals surface area (Å²) < 4.78 is 0. The number of nitrogens with zero attached hydrogens (tertiary/aromatic N) is 2. The lowest BCUT2D eigenvalue weighted by atomic mass is 9.89. The van der Waals surface area contributed by atoms with Gasteiger partial charge in [-0.1, -0.05) is 19.3 Å². The molecule has 3 amide bonds. The Hall–Kier alpha value is -2.12. The van der Waals surface area contributed by atoms with Crippen molar-refractivity contribution in [3.8, 4) is 0 Å². The Morgan fingerprint density at radius 3 is 2.33 bits per heavy atom. The standard InChI is InChI=1S/C19H31N3O5/c1-14(23)22(13-18(25)26)16-8-5-10-21(11-9-16)17(24)12-20-19(27)15-6-3-2-4-7-15/h15-16H,2-13H2,1H3,(H,20,27)(H,25,26). The maximum Gasteiger partial charge on any atom is 0.323 e. The zero-order valence-electron chi connectivity index (χ0n) is 16.1. The summed E-state index contributed by atoms with van der Waals surface area (Å²) in [5.74, 6) is -1.41. The van der Waals surface area contributed by atoms with Crippen molar-refractivity contribution in [1.29, 1.82) is 0 Å². The zero-order valence-corrected chi connectivity index (χ0v) is 16.1. The number of rotatable bonds is 6. The van der Waals surface area contributed by atoms with Gasteiger partial charge in [-0.2, -0.15) is 0 Å². The smallest absolute Gasteiger partial charge is 0.323 e. The number of likely N-dealkylation sites (tertiary alicyclic amines) is 1. The predicted octanol–water partition coefficient (Wildman–Crippen LogP) is 0.997. The second-order valence-electron chi connectivity index (χ2n) is 7.56. The van der Waals surface area contributed by atoms with Gasteiger partial charge in [-0.05, 0) is 32.1 Å². The minimum absolute atomic E-state index is 0.00550. The molecule has 2 rings (SSSR count). The van der Waals surface area contributed by atoms with E-state index >= 15 is 0 Å². The van der Waals surface area contributed by atoms with E-state index in [0.717, 1.165) is 25.7 Å². The van der Waals surface area contributed by atoms with Crippen molar-refractivity contribution < 1.29 is 24.3 Å². The molecule has 0 aromatic carbocycles. The third kappa shape index (κ3) is 6.52. The highest BCUT2D eigenvalue weighted by molar-refractivity contribution is 5.86. The molecule has 0 aromatic rings. The van der Waals surface area contributed by atoms with Crippen molar-refractivity contribution in [1.82, 2.24) is 15.1 Å². The van der Waals surface area contributed by atoms with Gasteiger partial charge in [0, 0.05) is 32.0 Å². The second kappa shape index (κ2) is 10.3. The average Bonchev–Trinajstić information content (AvgIpc) is 2.90. The topological polar surface area (TPSA) is 107 Å². The summed E-state index contributed by atoms with van der Waals surface area (Å²) in [7, 11) is 0. The highest BCUT2D eigenvalue weighted by atomic mass is 16.4. The van der Waals surface area contributed by atoms with Crippen LogP contribution < -0.4 is 5.32 Å². The molecule has 0 spiro atoms. The van der Waals surface area contributed by atoms with Gasteiger partial charge in [0.05, 0.1) is 6.54 Å². The van der Waals surface area contributed by atoms with E-state index in [-0.39, 0.29) is 42.8 Å². The molecule has 0 radical (unpaired) electrons. The molecule has 1 saturated heterocycles. The number of carboxylic acids is 1. The molecule has 1 saturated carbocycles. The maximum atomic E-state index is 12.5. The molecule has 2 fully saturated rings. The summed E-state index contributed by atoms with van der Waals surface area (Å²) in [6.45, 7) is 2.09. The maximum absolute atomic E-state index is 12.5. The lowest BCUT2D eigenvalue weighted by Crippen LogP contribution is -2.44. The van der Waals surface area contributed by atoms with E-state index in [1.165, 1.54) is 18.2 Å². The van der Waals surface area contributed by atoms with Gasteiger partial charge in [-0.3, -0.25) is 19.2 Å². The Labute approximate surface area is 160 Å². The number of carboxylic acid groups (broad SMARTS) is 1. The fraction of sp³-hybridized carbons (Fsp3) is 0.789. The number of carbonyl (C=O) groups is 4. The molecular weight excluding hydrogens is 350 g/mol. The predicted molar refractivity (Wildman–Crippen MR) is 98.8 cm³/mol. The van der Waals surface area contributed by atoms with Crippen LogP contribution in [0.5, 0.6) is 0 Å². The number of nitrogens with one attached hydrogen (secondary N) is 1. The van der Waals surface area contributed by atoms with Crippen molar-refractivity contribution in [3.05, 3.63) is 0 Å². The second-order valence-corrected chi connectivity index (χ2v) is 7.56. The Bertz CT molecular complexity index is 560. The number of aliphatic carboxylic acids is 1. The molecule has 1 atom stereocenters. The molecule has 1 aliphatic carbocycles. The minimum atomic E-state index is -1.03. The fourth-order valence-corrected chi connectivity index (χ4v) is 4.07. The molecule has 0 bridgehead atoms. The first-order chi connectivity index (χ1) is 12.9. The van der Waals surface area contributed by atoms with E-state index in [1.807, 2.05) is 0 Å². The van der Waals surface area contributed by atoms with Crippen molar-refractivity contribution in [2.75, 3.05) is 26.2 Å². The summed E-state index contributed by atoms with van der Waals surface area (Å²) in [5, 5.41) is 11.8. The van der Waals surface area contributed by atoms with Crippen LogP contribution in [0, 0.1) is 5.92 Å². The first-order valence-corrected chi connectivity index (χ1v) is 9.93. The lowest BCUT2D eigenvalue weighted by molar-refractivity contribution is -0.145. The van der Waals surface area contributed by atoms with Crippen LogP contribution in [0.3, 0.4) is 0 Å². The lowest BCUT2D eigenvalue weighted by Gasteiger charge is -2.29. The van der Waals surface area contributed by atoms with Crippen LogP contribution in [-0.2, 0) is 19.2 Å². The molecule has 2 N–H and O–H groups in total. The molecule has 8 heteroatoms. The van der Waals surface area contributed by atoms with Gasteiger partial charge in [0.25, 0.3) is 0 Å².